The number of thiophene rings is 1. The van der Waals surface area contributed by atoms with E-state index in [-0.39, 0.29) is 36.0 Å². The molecule has 0 aromatic carbocycles. The second-order valence-corrected chi connectivity index (χ2v) is 9.95. The molecule has 5 nitrogen and oxygen atoms in total. The smallest absolute Gasteiger partial charge is 0.234 e. The monoisotopic (exact) mass is 358 g/mol. The zero-order chi connectivity index (χ0) is 17.0. The summed E-state index contributed by atoms with van der Waals surface area (Å²) < 4.78 is 23.1. The van der Waals surface area contributed by atoms with Gasteiger partial charge in [0.05, 0.1) is 24.1 Å². The van der Waals surface area contributed by atoms with Gasteiger partial charge in [-0.15, -0.1) is 11.3 Å². The van der Waals surface area contributed by atoms with Gasteiger partial charge in [0, 0.05) is 10.9 Å². The molecule has 0 bridgehead atoms. The third kappa shape index (κ3) is 5.58. The fourth-order valence-electron chi connectivity index (χ4n) is 2.93. The zero-order valence-electron chi connectivity index (χ0n) is 14.0. The highest BCUT2D eigenvalue weighted by molar-refractivity contribution is 7.91. The van der Waals surface area contributed by atoms with Crippen molar-refractivity contribution in [3.05, 3.63) is 22.4 Å². The third-order valence-corrected chi connectivity index (χ3v) is 6.89. The van der Waals surface area contributed by atoms with Crippen molar-refractivity contribution in [2.24, 2.45) is 5.92 Å². The molecule has 0 radical (unpaired) electrons. The number of likely N-dealkylation sites (N-methyl/N-ethyl adjacent to an activating group) is 1. The highest BCUT2D eigenvalue weighted by Gasteiger charge is 2.31. The fourth-order valence-corrected chi connectivity index (χ4v) is 5.52. The number of amides is 1. The van der Waals surface area contributed by atoms with E-state index in [1.165, 1.54) is 0 Å². The van der Waals surface area contributed by atoms with Crippen LogP contribution >= 0.6 is 11.3 Å². The van der Waals surface area contributed by atoms with Gasteiger partial charge in [-0.25, -0.2) is 8.42 Å². The van der Waals surface area contributed by atoms with E-state index in [0.717, 1.165) is 11.3 Å². The standard InChI is InChI=1S/C16H26N2O3S2/c1-12(2)9-14(15-5-4-7-22-15)17-16(19)10-18(3)13-6-8-23(20,21)11-13/h4-5,7,12-14H,6,8-11H2,1-3H3,(H,17,19)/t13-,14-/m0/s1. The summed E-state index contributed by atoms with van der Waals surface area (Å²) in [7, 11) is -1.10. The maximum atomic E-state index is 12.4. The minimum absolute atomic E-state index is 0.0308. The molecule has 1 aliphatic rings. The van der Waals surface area contributed by atoms with Crippen molar-refractivity contribution in [2.45, 2.75) is 38.8 Å². The summed E-state index contributed by atoms with van der Waals surface area (Å²) >= 11 is 1.65. The lowest BCUT2D eigenvalue weighted by Gasteiger charge is -2.25. The van der Waals surface area contributed by atoms with Crippen LogP contribution in [0.4, 0.5) is 0 Å². The Kier molecular flexibility index (Phi) is 6.22. The molecule has 2 atom stereocenters. The first-order chi connectivity index (χ1) is 10.8. The van der Waals surface area contributed by atoms with Crippen molar-refractivity contribution in [1.29, 1.82) is 0 Å². The molecule has 1 amide bonds. The molecule has 0 unspecified atom stereocenters. The zero-order valence-corrected chi connectivity index (χ0v) is 15.6. The Morgan fingerprint density at radius 2 is 2.22 bits per heavy atom. The number of hydrogen-bond donors (Lipinski definition) is 1. The molecule has 2 heterocycles. The second-order valence-electron chi connectivity index (χ2n) is 6.74. The average molecular weight is 359 g/mol. The summed E-state index contributed by atoms with van der Waals surface area (Å²) in [4.78, 5) is 15.4. The van der Waals surface area contributed by atoms with Crippen LogP contribution in [0, 0.1) is 5.92 Å². The van der Waals surface area contributed by atoms with Crippen LogP contribution in [0.2, 0.25) is 0 Å². The Labute approximate surface area is 143 Å². The number of rotatable bonds is 7. The Morgan fingerprint density at radius 3 is 2.74 bits per heavy atom. The molecule has 1 aromatic heterocycles. The van der Waals surface area contributed by atoms with E-state index in [0.29, 0.717) is 12.3 Å². The van der Waals surface area contributed by atoms with Gasteiger partial charge in [0.15, 0.2) is 9.84 Å². The molecule has 130 valence electrons. The Hall–Kier alpha value is -0.920. The maximum absolute atomic E-state index is 12.4. The van der Waals surface area contributed by atoms with Gasteiger partial charge >= 0.3 is 0 Å². The van der Waals surface area contributed by atoms with E-state index in [2.05, 4.69) is 19.2 Å². The lowest BCUT2D eigenvalue weighted by atomic mass is 10.0. The first-order valence-electron chi connectivity index (χ1n) is 8.00. The van der Waals surface area contributed by atoms with Gasteiger partial charge in [0.1, 0.15) is 0 Å². The normalized spacial score (nSPS) is 21.7. The van der Waals surface area contributed by atoms with Crippen LogP contribution in [0.3, 0.4) is 0 Å². The summed E-state index contributed by atoms with van der Waals surface area (Å²) in [6.07, 6.45) is 1.51. The van der Waals surface area contributed by atoms with Crippen LogP contribution in [-0.2, 0) is 14.6 Å². The topological polar surface area (TPSA) is 66.5 Å². The van der Waals surface area contributed by atoms with Crippen LogP contribution in [0.5, 0.6) is 0 Å². The predicted octanol–water partition coefficient (Wildman–Crippen LogP) is 2.07. The van der Waals surface area contributed by atoms with Gasteiger partial charge in [-0.1, -0.05) is 19.9 Å². The number of hydrogen-bond acceptors (Lipinski definition) is 5. The third-order valence-electron chi connectivity index (χ3n) is 4.15. The number of sulfone groups is 1. The summed E-state index contributed by atoms with van der Waals surface area (Å²) in [6, 6.07) is 4.03. The lowest BCUT2D eigenvalue weighted by Crippen LogP contribution is -2.42. The van der Waals surface area contributed by atoms with Gasteiger partial charge in [-0.2, -0.15) is 0 Å². The number of nitrogens with zero attached hydrogens (tertiary/aromatic N) is 1. The number of carbonyl (C=O) groups excluding carboxylic acids is 1. The van der Waals surface area contributed by atoms with Crippen molar-refractivity contribution < 1.29 is 13.2 Å². The van der Waals surface area contributed by atoms with Gasteiger partial charge in [0.25, 0.3) is 0 Å². The fraction of sp³-hybridized carbons (Fsp3) is 0.688. The SMILES string of the molecule is CC(C)C[C@H](NC(=O)CN(C)[C@H]1CCS(=O)(=O)C1)c1cccs1. The first kappa shape index (κ1) is 18.4. The highest BCUT2D eigenvalue weighted by atomic mass is 32.2. The molecule has 0 aliphatic carbocycles. The van der Waals surface area contributed by atoms with E-state index in [1.807, 2.05) is 29.5 Å². The molecule has 23 heavy (non-hydrogen) atoms. The highest BCUT2D eigenvalue weighted by Crippen LogP contribution is 2.25. The maximum Gasteiger partial charge on any atom is 0.234 e. The molecule has 1 saturated heterocycles. The summed E-state index contributed by atoms with van der Waals surface area (Å²) in [5.41, 5.74) is 0. The minimum Gasteiger partial charge on any atom is -0.347 e. The molecule has 2 rings (SSSR count). The minimum atomic E-state index is -2.92. The Morgan fingerprint density at radius 1 is 1.48 bits per heavy atom. The van der Waals surface area contributed by atoms with Crippen molar-refractivity contribution in [3.8, 4) is 0 Å². The van der Waals surface area contributed by atoms with Gasteiger partial charge in [0.2, 0.25) is 5.91 Å². The summed E-state index contributed by atoms with van der Waals surface area (Å²) in [6.45, 7) is 4.52. The van der Waals surface area contributed by atoms with Gasteiger partial charge in [-0.05, 0) is 37.3 Å². The molecule has 0 saturated carbocycles. The molecule has 1 fully saturated rings. The number of nitrogens with one attached hydrogen (secondary N) is 1. The van der Waals surface area contributed by atoms with Crippen molar-refractivity contribution >= 4 is 27.1 Å². The van der Waals surface area contributed by atoms with E-state index < -0.39 is 9.84 Å². The summed E-state index contributed by atoms with van der Waals surface area (Å²) in [5, 5.41) is 5.12. The number of carbonyl (C=O) groups is 1. The largest absolute Gasteiger partial charge is 0.347 e. The quantitative estimate of drug-likeness (QED) is 0.810. The Bertz CT molecular complexity index is 611. The van der Waals surface area contributed by atoms with Crippen LogP contribution in [-0.4, -0.2) is 50.4 Å². The molecular weight excluding hydrogens is 332 g/mol. The van der Waals surface area contributed by atoms with Crippen LogP contribution in [0.1, 0.15) is 37.6 Å². The molecule has 1 N–H and O–H groups in total. The van der Waals surface area contributed by atoms with Crippen LogP contribution in [0.15, 0.2) is 17.5 Å². The molecule has 7 heteroatoms. The predicted molar refractivity (Wildman–Crippen MR) is 94.3 cm³/mol. The van der Waals surface area contributed by atoms with Crippen molar-refractivity contribution in [2.75, 3.05) is 25.1 Å². The first-order valence-corrected chi connectivity index (χ1v) is 10.7. The van der Waals surface area contributed by atoms with Crippen LogP contribution < -0.4 is 5.32 Å². The van der Waals surface area contributed by atoms with E-state index in [9.17, 15) is 13.2 Å². The molecular formula is C16H26N2O3S2. The van der Waals surface area contributed by atoms with E-state index >= 15 is 0 Å². The van der Waals surface area contributed by atoms with Crippen molar-refractivity contribution in [3.63, 3.8) is 0 Å². The summed E-state index contributed by atoms with van der Waals surface area (Å²) in [5.74, 6) is 0.835. The van der Waals surface area contributed by atoms with Gasteiger partial charge < -0.3 is 5.32 Å². The van der Waals surface area contributed by atoms with Gasteiger partial charge in [-0.3, -0.25) is 9.69 Å². The average Bonchev–Trinajstić information content (AvgIpc) is 3.06. The Balaban J connectivity index is 1.91. The lowest BCUT2D eigenvalue weighted by molar-refractivity contribution is -0.123. The van der Waals surface area contributed by atoms with E-state index in [1.54, 1.807) is 11.3 Å². The van der Waals surface area contributed by atoms with Crippen LogP contribution in [0.25, 0.3) is 0 Å². The molecule has 1 aromatic rings. The second kappa shape index (κ2) is 7.77. The van der Waals surface area contributed by atoms with E-state index in [4.69, 9.17) is 0 Å². The van der Waals surface area contributed by atoms with Crippen molar-refractivity contribution in [1.82, 2.24) is 10.2 Å². The molecule has 0 spiro atoms. The molecule has 1 aliphatic heterocycles.